The zero-order chi connectivity index (χ0) is 27.2. The maximum atomic E-state index is 12.8. The topological polar surface area (TPSA) is 122 Å². The quantitative estimate of drug-likeness (QED) is 0.379. The molecule has 1 aliphatic heterocycles. The standard InChI is InChI=1S/C26H29N3O7S2/c1-28(37(31,32)24-5-3-2-4-6-24)22-9-7-21(8-10-22)26(30)27-15-18-36-23-11-13-25(14-12-23)38(33,34)29-16-19-35-20-17-29/h2-14H,15-20H2,1H3,(H,27,30). The number of nitrogens with one attached hydrogen (secondary N) is 1. The van der Waals surface area contributed by atoms with Crippen LogP contribution in [-0.4, -0.2) is 73.6 Å². The van der Waals surface area contributed by atoms with E-state index in [2.05, 4.69) is 5.32 Å². The number of benzene rings is 3. The molecule has 38 heavy (non-hydrogen) atoms. The van der Waals surface area contributed by atoms with Crippen LogP contribution in [0.1, 0.15) is 10.4 Å². The summed E-state index contributed by atoms with van der Waals surface area (Å²) in [4.78, 5) is 12.8. The highest BCUT2D eigenvalue weighted by Crippen LogP contribution is 2.23. The van der Waals surface area contributed by atoms with Gasteiger partial charge in [-0.15, -0.1) is 0 Å². The SMILES string of the molecule is CN(c1ccc(C(=O)NCCOc2ccc(S(=O)(=O)N3CCOCC3)cc2)cc1)S(=O)(=O)c1ccccc1. The van der Waals surface area contributed by atoms with E-state index in [-0.39, 0.29) is 28.8 Å². The third-order valence-electron chi connectivity index (χ3n) is 5.98. The highest BCUT2D eigenvalue weighted by molar-refractivity contribution is 7.92. The Bertz CT molecular complexity index is 1440. The van der Waals surface area contributed by atoms with Gasteiger partial charge in [-0.25, -0.2) is 16.8 Å². The number of morpholine rings is 1. The molecule has 0 atom stereocenters. The molecular formula is C26H29N3O7S2. The monoisotopic (exact) mass is 559 g/mol. The molecule has 1 fully saturated rings. The Morgan fingerprint density at radius 1 is 0.895 bits per heavy atom. The Balaban J connectivity index is 1.26. The van der Waals surface area contributed by atoms with Crippen LogP contribution in [0, 0.1) is 0 Å². The minimum absolute atomic E-state index is 0.178. The van der Waals surface area contributed by atoms with Crippen molar-refractivity contribution in [2.24, 2.45) is 0 Å². The predicted molar refractivity (Wildman–Crippen MR) is 142 cm³/mol. The fourth-order valence-corrected chi connectivity index (χ4v) is 6.42. The molecule has 3 aromatic rings. The van der Waals surface area contributed by atoms with Crippen molar-refractivity contribution in [1.82, 2.24) is 9.62 Å². The molecule has 1 N–H and O–H groups in total. The van der Waals surface area contributed by atoms with E-state index in [9.17, 15) is 21.6 Å². The maximum Gasteiger partial charge on any atom is 0.264 e. The number of hydrogen-bond donors (Lipinski definition) is 1. The fourth-order valence-electron chi connectivity index (χ4n) is 3.79. The molecule has 0 spiro atoms. The zero-order valence-electron chi connectivity index (χ0n) is 20.8. The van der Waals surface area contributed by atoms with Crippen molar-refractivity contribution in [1.29, 1.82) is 0 Å². The summed E-state index contributed by atoms with van der Waals surface area (Å²) in [6.45, 7) is 1.81. The van der Waals surface area contributed by atoms with Gasteiger partial charge in [0.1, 0.15) is 12.4 Å². The molecule has 202 valence electrons. The van der Waals surface area contributed by atoms with Gasteiger partial charge in [0.05, 0.1) is 35.2 Å². The van der Waals surface area contributed by atoms with Crippen LogP contribution in [0.25, 0.3) is 0 Å². The van der Waals surface area contributed by atoms with Gasteiger partial charge in [0, 0.05) is 25.7 Å². The number of ether oxygens (including phenoxy) is 2. The highest BCUT2D eigenvalue weighted by atomic mass is 32.2. The lowest BCUT2D eigenvalue weighted by Gasteiger charge is -2.26. The Morgan fingerprint density at radius 3 is 2.16 bits per heavy atom. The molecule has 4 rings (SSSR count). The van der Waals surface area contributed by atoms with E-state index in [1.165, 1.54) is 35.6 Å². The number of nitrogens with zero attached hydrogens (tertiary/aromatic N) is 2. The molecule has 1 amide bonds. The number of amides is 1. The van der Waals surface area contributed by atoms with Gasteiger partial charge in [-0.3, -0.25) is 9.10 Å². The largest absolute Gasteiger partial charge is 0.492 e. The number of carbonyl (C=O) groups excluding carboxylic acids is 1. The number of carbonyl (C=O) groups is 1. The van der Waals surface area contributed by atoms with Crippen LogP contribution in [0.5, 0.6) is 5.75 Å². The molecule has 0 bridgehead atoms. The first kappa shape index (κ1) is 27.6. The molecule has 0 aromatic heterocycles. The third-order valence-corrected chi connectivity index (χ3v) is 9.70. The summed E-state index contributed by atoms with van der Waals surface area (Å²) >= 11 is 0. The summed E-state index contributed by atoms with van der Waals surface area (Å²) in [5.41, 5.74) is 0.796. The molecular weight excluding hydrogens is 530 g/mol. The van der Waals surface area contributed by atoms with Crippen LogP contribution in [0.4, 0.5) is 5.69 Å². The second kappa shape index (κ2) is 11.9. The van der Waals surface area contributed by atoms with Gasteiger partial charge in [-0.05, 0) is 60.7 Å². The lowest BCUT2D eigenvalue weighted by molar-refractivity contribution is 0.0730. The highest BCUT2D eigenvalue weighted by Gasteiger charge is 2.26. The Morgan fingerprint density at radius 2 is 1.53 bits per heavy atom. The van der Waals surface area contributed by atoms with Gasteiger partial charge in [-0.1, -0.05) is 18.2 Å². The van der Waals surface area contributed by atoms with Gasteiger partial charge >= 0.3 is 0 Å². The van der Waals surface area contributed by atoms with E-state index >= 15 is 0 Å². The number of hydrogen-bond acceptors (Lipinski definition) is 7. The summed E-state index contributed by atoms with van der Waals surface area (Å²) in [7, 11) is -5.83. The summed E-state index contributed by atoms with van der Waals surface area (Å²) in [5, 5.41) is 2.74. The van der Waals surface area contributed by atoms with Gasteiger partial charge in [0.15, 0.2) is 0 Å². The van der Waals surface area contributed by atoms with E-state index in [1.807, 2.05) is 0 Å². The maximum absolute atomic E-state index is 12.8. The first-order valence-corrected chi connectivity index (χ1v) is 14.8. The van der Waals surface area contributed by atoms with Gasteiger partial charge in [0.2, 0.25) is 10.0 Å². The van der Waals surface area contributed by atoms with Crippen molar-refractivity contribution < 1.29 is 31.1 Å². The number of sulfonamides is 2. The number of anilines is 1. The molecule has 1 heterocycles. The molecule has 0 unspecified atom stereocenters. The molecule has 0 aliphatic carbocycles. The third kappa shape index (κ3) is 6.33. The van der Waals surface area contributed by atoms with Crippen molar-refractivity contribution in [2.75, 3.05) is 50.8 Å². The van der Waals surface area contributed by atoms with Gasteiger partial charge in [-0.2, -0.15) is 4.31 Å². The van der Waals surface area contributed by atoms with Crippen molar-refractivity contribution in [3.05, 3.63) is 84.4 Å². The average molecular weight is 560 g/mol. The zero-order valence-corrected chi connectivity index (χ0v) is 22.4. The second-order valence-corrected chi connectivity index (χ2v) is 12.3. The molecule has 1 aliphatic rings. The molecule has 12 heteroatoms. The lowest BCUT2D eigenvalue weighted by atomic mass is 10.2. The smallest absolute Gasteiger partial charge is 0.264 e. The normalized spacial score (nSPS) is 14.6. The summed E-state index contributed by atoms with van der Waals surface area (Å²) in [5.74, 6) is 0.146. The molecule has 0 radical (unpaired) electrons. The second-order valence-electron chi connectivity index (χ2n) is 8.42. The first-order chi connectivity index (χ1) is 18.2. The fraction of sp³-hybridized carbons (Fsp3) is 0.269. The van der Waals surface area contributed by atoms with Crippen LogP contribution in [-0.2, 0) is 24.8 Å². The summed E-state index contributed by atoms with van der Waals surface area (Å²) < 4.78 is 64.3. The van der Waals surface area contributed by atoms with Crippen LogP contribution in [0.15, 0.2) is 88.7 Å². The van der Waals surface area contributed by atoms with E-state index in [0.717, 1.165) is 4.31 Å². The Hall–Kier alpha value is -3.45. The number of rotatable bonds is 10. The van der Waals surface area contributed by atoms with Gasteiger partial charge in [0.25, 0.3) is 15.9 Å². The van der Waals surface area contributed by atoms with Crippen molar-refractivity contribution >= 4 is 31.6 Å². The van der Waals surface area contributed by atoms with Crippen molar-refractivity contribution in [3.63, 3.8) is 0 Å². The predicted octanol–water partition coefficient (Wildman–Crippen LogP) is 2.34. The Kier molecular flexibility index (Phi) is 8.67. The summed E-state index contributed by atoms with van der Waals surface area (Å²) in [6, 6.07) is 20.5. The van der Waals surface area contributed by atoms with Gasteiger partial charge < -0.3 is 14.8 Å². The molecule has 0 saturated carbocycles. The molecule has 10 nitrogen and oxygen atoms in total. The summed E-state index contributed by atoms with van der Waals surface area (Å²) in [6.07, 6.45) is 0. The minimum atomic E-state index is -3.71. The van der Waals surface area contributed by atoms with E-state index in [4.69, 9.17) is 9.47 Å². The van der Waals surface area contributed by atoms with Crippen LogP contribution in [0.2, 0.25) is 0 Å². The van der Waals surface area contributed by atoms with Crippen molar-refractivity contribution in [3.8, 4) is 5.75 Å². The lowest BCUT2D eigenvalue weighted by Crippen LogP contribution is -2.40. The first-order valence-electron chi connectivity index (χ1n) is 11.9. The minimum Gasteiger partial charge on any atom is -0.492 e. The van der Waals surface area contributed by atoms with E-state index < -0.39 is 20.0 Å². The van der Waals surface area contributed by atoms with E-state index in [0.29, 0.717) is 43.3 Å². The van der Waals surface area contributed by atoms with E-state index in [1.54, 1.807) is 54.6 Å². The average Bonchev–Trinajstić information content (AvgIpc) is 2.96. The molecule has 1 saturated heterocycles. The van der Waals surface area contributed by atoms with Crippen LogP contribution < -0.4 is 14.4 Å². The molecule has 3 aromatic carbocycles. The van der Waals surface area contributed by atoms with Crippen LogP contribution >= 0.6 is 0 Å². The van der Waals surface area contributed by atoms with Crippen molar-refractivity contribution in [2.45, 2.75) is 9.79 Å². The van der Waals surface area contributed by atoms with Crippen LogP contribution in [0.3, 0.4) is 0 Å². The Labute approximate surface area is 222 Å².